The Kier molecular flexibility index (Phi) is 4.71. The molecule has 4 nitrogen and oxygen atoms in total. The number of benzene rings is 3. The van der Waals surface area contributed by atoms with Gasteiger partial charge in [-0.25, -0.2) is 4.98 Å². The lowest BCUT2D eigenvalue weighted by atomic mass is 9.87. The summed E-state index contributed by atoms with van der Waals surface area (Å²) in [7, 11) is 0. The third-order valence-corrected chi connectivity index (χ3v) is 5.03. The molecule has 0 aliphatic rings. The van der Waals surface area contributed by atoms with E-state index in [2.05, 4.69) is 43.2 Å². The quantitative estimate of drug-likeness (QED) is 0.447. The molecule has 4 rings (SSSR count). The number of aryl methyl sites for hydroxylation is 1. The van der Waals surface area contributed by atoms with Gasteiger partial charge >= 0.3 is 0 Å². The zero-order chi connectivity index (χ0) is 20.6. The number of rotatable bonds is 3. The fourth-order valence-electron chi connectivity index (χ4n) is 3.26. The Morgan fingerprint density at radius 2 is 1.69 bits per heavy atom. The van der Waals surface area contributed by atoms with Crippen molar-refractivity contribution < 1.29 is 9.21 Å². The van der Waals surface area contributed by atoms with Crippen LogP contribution in [0.15, 0.2) is 71.1 Å². The van der Waals surface area contributed by atoms with Gasteiger partial charge in [0.1, 0.15) is 5.52 Å². The number of aromatic nitrogens is 1. The number of nitrogens with one attached hydrogen (secondary N) is 1. The van der Waals surface area contributed by atoms with Crippen molar-refractivity contribution in [1.82, 2.24) is 4.98 Å². The fraction of sp³-hybridized carbons (Fsp3) is 0.200. The second-order valence-electron chi connectivity index (χ2n) is 8.30. The zero-order valence-electron chi connectivity index (χ0n) is 17.1. The summed E-state index contributed by atoms with van der Waals surface area (Å²) in [6, 6.07) is 21.3. The molecule has 1 N–H and O–H groups in total. The molecule has 0 bridgehead atoms. The average molecular weight is 384 g/mol. The molecular formula is C25H24N2O2. The summed E-state index contributed by atoms with van der Waals surface area (Å²) in [5.41, 5.74) is 5.96. The molecule has 1 heterocycles. The lowest BCUT2D eigenvalue weighted by molar-refractivity contribution is 0.102. The van der Waals surface area contributed by atoms with E-state index in [0.29, 0.717) is 22.7 Å². The van der Waals surface area contributed by atoms with Crippen molar-refractivity contribution in [3.63, 3.8) is 0 Å². The molecule has 3 aromatic carbocycles. The Morgan fingerprint density at radius 1 is 0.966 bits per heavy atom. The Bertz CT molecular complexity index is 1180. The van der Waals surface area contributed by atoms with Gasteiger partial charge in [0.15, 0.2) is 5.58 Å². The van der Waals surface area contributed by atoms with Crippen LogP contribution in [0.3, 0.4) is 0 Å². The maximum Gasteiger partial charge on any atom is 0.255 e. The summed E-state index contributed by atoms with van der Waals surface area (Å²) in [4.78, 5) is 17.1. The minimum absolute atomic E-state index is 0.101. The van der Waals surface area contributed by atoms with Crippen LogP contribution >= 0.6 is 0 Å². The first kappa shape index (κ1) is 18.9. The van der Waals surface area contributed by atoms with E-state index in [1.807, 2.05) is 61.5 Å². The van der Waals surface area contributed by atoms with Crippen molar-refractivity contribution in [1.29, 1.82) is 0 Å². The third-order valence-electron chi connectivity index (χ3n) is 5.03. The lowest BCUT2D eigenvalue weighted by Crippen LogP contribution is -2.13. The topological polar surface area (TPSA) is 55.1 Å². The monoisotopic (exact) mass is 384 g/mol. The number of hydrogen-bond acceptors (Lipinski definition) is 3. The van der Waals surface area contributed by atoms with Crippen LogP contribution in [0.1, 0.15) is 42.3 Å². The van der Waals surface area contributed by atoms with Gasteiger partial charge in [-0.1, -0.05) is 51.1 Å². The number of carbonyl (C=O) groups is 1. The number of amides is 1. The number of hydrogen-bond donors (Lipinski definition) is 1. The molecule has 0 aliphatic carbocycles. The van der Waals surface area contributed by atoms with Gasteiger partial charge < -0.3 is 9.73 Å². The number of nitrogens with zero attached hydrogens (tertiary/aromatic N) is 1. The standard InChI is InChI=1S/C25H24N2O2/c1-16-7-5-6-8-20(16)23(28)26-19-13-14-21-22(15-19)29-24(27-21)17-9-11-18(12-10-17)25(2,3)4/h5-15H,1-4H3,(H,26,28). The predicted molar refractivity (Wildman–Crippen MR) is 117 cm³/mol. The second kappa shape index (κ2) is 7.21. The van der Waals surface area contributed by atoms with Crippen LogP contribution in [0.25, 0.3) is 22.6 Å². The number of fused-ring (bicyclic) bond motifs is 1. The minimum Gasteiger partial charge on any atom is -0.436 e. The van der Waals surface area contributed by atoms with Gasteiger partial charge in [-0.3, -0.25) is 4.79 Å². The second-order valence-corrected chi connectivity index (χ2v) is 8.30. The molecule has 0 saturated carbocycles. The molecule has 29 heavy (non-hydrogen) atoms. The normalized spacial score (nSPS) is 11.6. The van der Waals surface area contributed by atoms with Crippen LogP contribution in [-0.4, -0.2) is 10.9 Å². The van der Waals surface area contributed by atoms with Crippen molar-refractivity contribution in [3.8, 4) is 11.5 Å². The molecule has 0 aliphatic heterocycles. The summed E-state index contributed by atoms with van der Waals surface area (Å²) in [6.07, 6.45) is 0. The molecule has 0 radical (unpaired) electrons. The van der Waals surface area contributed by atoms with Crippen molar-refractivity contribution in [3.05, 3.63) is 83.4 Å². The molecule has 0 spiro atoms. The molecule has 4 heteroatoms. The van der Waals surface area contributed by atoms with Crippen LogP contribution in [0.5, 0.6) is 0 Å². The smallest absolute Gasteiger partial charge is 0.255 e. The van der Waals surface area contributed by atoms with Gasteiger partial charge in [-0.05, 0) is 53.8 Å². The SMILES string of the molecule is Cc1ccccc1C(=O)Nc1ccc2nc(-c3ccc(C(C)(C)C)cc3)oc2c1. The minimum atomic E-state index is -0.139. The molecule has 0 fully saturated rings. The van der Waals surface area contributed by atoms with Crippen molar-refractivity contribution in [2.24, 2.45) is 0 Å². The molecule has 4 aromatic rings. The molecule has 0 saturated heterocycles. The Labute approximate surface area is 170 Å². The van der Waals surface area contributed by atoms with E-state index in [0.717, 1.165) is 16.6 Å². The van der Waals surface area contributed by atoms with Crippen molar-refractivity contribution in [2.75, 3.05) is 5.32 Å². The maximum atomic E-state index is 12.6. The van der Waals surface area contributed by atoms with Gasteiger partial charge in [0.2, 0.25) is 5.89 Å². The molecule has 146 valence electrons. The van der Waals surface area contributed by atoms with Crippen LogP contribution in [-0.2, 0) is 5.41 Å². The molecular weight excluding hydrogens is 360 g/mol. The first-order chi connectivity index (χ1) is 13.8. The van der Waals surface area contributed by atoms with E-state index in [9.17, 15) is 4.79 Å². The first-order valence-corrected chi connectivity index (χ1v) is 9.70. The number of carbonyl (C=O) groups excluding carboxylic acids is 1. The first-order valence-electron chi connectivity index (χ1n) is 9.70. The summed E-state index contributed by atoms with van der Waals surface area (Å²) in [5.74, 6) is 0.433. The van der Waals surface area contributed by atoms with Gasteiger partial charge in [-0.2, -0.15) is 0 Å². The van der Waals surface area contributed by atoms with Crippen molar-refractivity contribution >= 4 is 22.7 Å². The summed E-state index contributed by atoms with van der Waals surface area (Å²) in [5, 5.41) is 2.94. The van der Waals surface area contributed by atoms with E-state index in [4.69, 9.17) is 4.42 Å². The summed E-state index contributed by atoms with van der Waals surface area (Å²) in [6.45, 7) is 8.49. The lowest BCUT2D eigenvalue weighted by Gasteiger charge is -2.18. The van der Waals surface area contributed by atoms with Crippen molar-refractivity contribution in [2.45, 2.75) is 33.1 Å². The van der Waals surface area contributed by atoms with E-state index in [1.165, 1.54) is 5.56 Å². The Morgan fingerprint density at radius 3 is 2.38 bits per heavy atom. The van der Waals surface area contributed by atoms with Gasteiger partial charge in [-0.15, -0.1) is 0 Å². The Hall–Kier alpha value is -3.40. The maximum absolute atomic E-state index is 12.6. The predicted octanol–water partition coefficient (Wildman–Crippen LogP) is 6.35. The molecule has 1 amide bonds. The fourth-order valence-corrected chi connectivity index (χ4v) is 3.26. The van der Waals surface area contributed by atoms with Gasteiger partial charge in [0, 0.05) is 22.9 Å². The number of anilines is 1. The highest BCUT2D eigenvalue weighted by molar-refractivity contribution is 6.05. The van der Waals surface area contributed by atoms with Crippen LogP contribution in [0.4, 0.5) is 5.69 Å². The van der Waals surface area contributed by atoms with Gasteiger partial charge in [0.05, 0.1) is 0 Å². The molecule has 1 aromatic heterocycles. The third kappa shape index (κ3) is 3.92. The highest BCUT2D eigenvalue weighted by atomic mass is 16.3. The average Bonchev–Trinajstić information content (AvgIpc) is 3.11. The highest BCUT2D eigenvalue weighted by Crippen LogP contribution is 2.29. The van der Waals surface area contributed by atoms with Crippen LogP contribution < -0.4 is 5.32 Å². The van der Waals surface area contributed by atoms with Gasteiger partial charge in [0.25, 0.3) is 5.91 Å². The largest absolute Gasteiger partial charge is 0.436 e. The van der Waals surface area contributed by atoms with E-state index < -0.39 is 0 Å². The van der Waals surface area contributed by atoms with E-state index in [1.54, 1.807) is 0 Å². The number of oxazole rings is 1. The molecule has 0 unspecified atom stereocenters. The Balaban J connectivity index is 1.59. The zero-order valence-corrected chi connectivity index (χ0v) is 17.1. The summed E-state index contributed by atoms with van der Waals surface area (Å²) >= 11 is 0. The van der Waals surface area contributed by atoms with Crippen LogP contribution in [0.2, 0.25) is 0 Å². The molecule has 0 atom stereocenters. The van der Waals surface area contributed by atoms with E-state index in [-0.39, 0.29) is 11.3 Å². The van der Waals surface area contributed by atoms with Crippen LogP contribution in [0, 0.1) is 6.92 Å². The highest BCUT2D eigenvalue weighted by Gasteiger charge is 2.15. The summed E-state index contributed by atoms with van der Waals surface area (Å²) < 4.78 is 5.97. The van der Waals surface area contributed by atoms with E-state index >= 15 is 0 Å².